The molecule has 4 aromatic heterocycles. The van der Waals surface area contributed by atoms with E-state index in [2.05, 4.69) is 327 Å². The van der Waals surface area contributed by atoms with Crippen molar-refractivity contribution < 1.29 is 4.74 Å². The summed E-state index contributed by atoms with van der Waals surface area (Å²) in [6.45, 7) is 14.1. The van der Waals surface area contributed by atoms with Gasteiger partial charge in [-0.1, -0.05) is 193 Å². The molecule has 0 saturated carbocycles. The molecule has 0 saturated heterocycles. The van der Waals surface area contributed by atoms with Gasteiger partial charge in [-0.05, 0) is 207 Å². The lowest BCUT2D eigenvalue weighted by Gasteiger charge is -2.33. The Labute approximate surface area is 542 Å². The van der Waals surface area contributed by atoms with E-state index in [1.54, 1.807) is 0 Å². The fraction of sp³-hybridized carbons (Fsp3) is 0.126. The molecule has 0 bridgehead atoms. The Morgan fingerprint density at radius 1 is 0.333 bits per heavy atom. The van der Waals surface area contributed by atoms with E-state index in [0.29, 0.717) is 5.92 Å². The Morgan fingerprint density at radius 3 is 1.16 bits per heavy atom. The second-order valence-electron chi connectivity index (χ2n) is 26.8. The Hall–Kier alpha value is -10.8. The second-order valence-corrected chi connectivity index (χ2v) is 26.8. The lowest BCUT2D eigenvalue weighted by molar-refractivity contribution is 0.487. The van der Waals surface area contributed by atoms with Crippen LogP contribution in [0.15, 0.2) is 261 Å². The van der Waals surface area contributed by atoms with Gasteiger partial charge < -0.3 is 23.0 Å². The van der Waals surface area contributed by atoms with Crippen LogP contribution in [0.4, 0.5) is 0 Å². The molecule has 16 aromatic rings. The van der Waals surface area contributed by atoms with Gasteiger partial charge in [0.2, 0.25) is 0 Å². The Bertz CT molecular complexity index is 5630. The van der Waals surface area contributed by atoms with E-state index in [-0.39, 0.29) is 18.5 Å². The predicted octanol–water partition coefficient (Wildman–Crippen LogP) is 21.2. The predicted molar refractivity (Wildman–Crippen MR) is 394 cm³/mol. The van der Waals surface area contributed by atoms with Gasteiger partial charge >= 0.3 is 0 Å². The number of fused-ring (bicyclic) bond motifs is 14. The SMILES string of the molecule is CC(C)c1cc(C(C)C)c(B2c3cc(-n4c5c(c6cc(-c7ccc(-n8c9ccccc9c9ccccc98)cc7)ccc64)CCC=C5)ccc3Oc3ccc(-n4c5ccccc5c5cc(-c6ccc(-n7c8ccccc8c8ccccc87)cc6)ccc54)cc32)c(C(C)C)c1. The molecular weight excluding hydrogens is 1130 g/mol. The van der Waals surface area contributed by atoms with Crippen LogP contribution in [0.25, 0.3) is 127 Å². The normalized spacial score (nSPS) is 13.1. The summed E-state index contributed by atoms with van der Waals surface area (Å²) in [4.78, 5) is 0. The first-order chi connectivity index (χ1) is 45.6. The van der Waals surface area contributed by atoms with Crippen LogP contribution in [0, 0.1) is 0 Å². The lowest BCUT2D eigenvalue weighted by Crippen LogP contribution is -2.57. The number of benzene rings is 12. The third-order valence-electron chi connectivity index (χ3n) is 20.5. The molecule has 93 heavy (non-hydrogen) atoms. The monoisotopic (exact) mass is 1200 g/mol. The number of ether oxygens (including phenoxy) is 1. The molecule has 12 aromatic carbocycles. The third-order valence-corrected chi connectivity index (χ3v) is 20.5. The first-order valence-electron chi connectivity index (χ1n) is 33.3. The van der Waals surface area contributed by atoms with Gasteiger partial charge in [0, 0.05) is 66.1 Å². The molecule has 6 heteroatoms. The Morgan fingerprint density at radius 2 is 0.710 bits per heavy atom. The van der Waals surface area contributed by atoms with E-state index >= 15 is 0 Å². The number of hydrogen-bond acceptors (Lipinski definition) is 1. The van der Waals surface area contributed by atoms with Crippen LogP contribution >= 0.6 is 0 Å². The summed E-state index contributed by atoms with van der Waals surface area (Å²) in [5.74, 6) is 2.74. The number of hydrogen-bond donors (Lipinski definition) is 0. The highest BCUT2D eigenvalue weighted by atomic mass is 16.5. The molecule has 0 N–H and O–H groups in total. The molecule has 5 nitrogen and oxygen atoms in total. The maximum atomic E-state index is 7.25. The van der Waals surface area contributed by atoms with E-state index < -0.39 is 0 Å². The number of aryl methyl sites for hydroxylation is 1. The second kappa shape index (κ2) is 21.4. The average molecular weight is 1200 g/mol. The summed E-state index contributed by atoms with van der Waals surface area (Å²) < 4.78 is 17.1. The fourth-order valence-electron chi connectivity index (χ4n) is 16.1. The molecular formula is C87H69BN4O. The maximum Gasteiger partial charge on any atom is 0.251 e. The third kappa shape index (κ3) is 8.61. The molecule has 2 aliphatic rings. The van der Waals surface area contributed by atoms with Gasteiger partial charge in [-0.3, -0.25) is 0 Å². The van der Waals surface area contributed by atoms with Gasteiger partial charge in [-0.15, -0.1) is 0 Å². The number of allylic oxidation sites excluding steroid dienone is 1. The zero-order valence-corrected chi connectivity index (χ0v) is 53.3. The lowest BCUT2D eigenvalue weighted by atomic mass is 9.33. The van der Waals surface area contributed by atoms with Crippen molar-refractivity contribution in [2.24, 2.45) is 0 Å². The molecule has 0 atom stereocenters. The van der Waals surface area contributed by atoms with Gasteiger partial charge in [-0.25, -0.2) is 0 Å². The van der Waals surface area contributed by atoms with E-state index in [1.807, 2.05) is 0 Å². The highest BCUT2D eigenvalue weighted by Gasteiger charge is 2.38. The molecule has 0 fully saturated rings. The molecule has 0 unspecified atom stereocenters. The van der Waals surface area contributed by atoms with E-state index in [4.69, 9.17) is 4.74 Å². The maximum absolute atomic E-state index is 7.25. The average Bonchev–Trinajstić information content (AvgIpc) is 1.56. The van der Waals surface area contributed by atoms with Crippen molar-refractivity contribution in [1.29, 1.82) is 0 Å². The summed E-state index contributed by atoms with van der Waals surface area (Å²) in [7, 11) is 0. The smallest absolute Gasteiger partial charge is 0.251 e. The van der Waals surface area contributed by atoms with E-state index in [9.17, 15) is 0 Å². The minimum Gasteiger partial charge on any atom is -0.458 e. The van der Waals surface area contributed by atoms with Crippen LogP contribution in [0.5, 0.6) is 11.5 Å². The summed E-state index contributed by atoms with van der Waals surface area (Å²) in [5.41, 5.74) is 28.4. The van der Waals surface area contributed by atoms with Crippen LogP contribution in [0.2, 0.25) is 0 Å². The summed E-state index contributed by atoms with van der Waals surface area (Å²) in [6, 6.07) is 95.4. The van der Waals surface area contributed by atoms with Gasteiger partial charge in [0.15, 0.2) is 0 Å². The molecule has 5 heterocycles. The van der Waals surface area contributed by atoms with Crippen molar-refractivity contribution in [2.45, 2.75) is 72.1 Å². The molecule has 446 valence electrons. The van der Waals surface area contributed by atoms with Crippen molar-refractivity contribution in [3.05, 3.63) is 289 Å². The van der Waals surface area contributed by atoms with Crippen LogP contribution in [-0.4, -0.2) is 25.0 Å². The van der Waals surface area contributed by atoms with E-state index in [0.717, 1.165) is 47.1 Å². The highest BCUT2D eigenvalue weighted by molar-refractivity contribution is 6.97. The highest BCUT2D eigenvalue weighted by Crippen LogP contribution is 2.42. The molecule has 0 radical (unpaired) electrons. The largest absolute Gasteiger partial charge is 0.458 e. The topological polar surface area (TPSA) is 28.9 Å². The van der Waals surface area contributed by atoms with Crippen LogP contribution in [-0.2, 0) is 6.42 Å². The van der Waals surface area contributed by atoms with Crippen molar-refractivity contribution in [1.82, 2.24) is 18.3 Å². The van der Waals surface area contributed by atoms with Crippen molar-refractivity contribution >= 4 is 105 Å². The first-order valence-corrected chi connectivity index (χ1v) is 33.3. The number of rotatable bonds is 10. The molecule has 1 aliphatic heterocycles. The van der Waals surface area contributed by atoms with Gasteiger partial charge in [0.1, 0.15) is 11.5 Å². The number of nitrogens with zero attached hydrogens (tertiary/aromatic N) is 4. The number of aromatic nitrogens is 4. The Balaban J connectivity index is 0.764. The zero-order chi connectivity index (χ0) is 62.3. The van der Waals surface area contributed by atoms with Crippen LogP contribution in [0.1, 0.15) is 93.7 Å². The van der Waals surface area contributed by atoms with Crippen LogP contribution < -0.4 is 21.1 Å². The fourth-order valence-corrected chi connectivity index (χ4v) is 16.1. The Kier molecular flexibility index (Phi) is 12.7. The zero-order valence-electron chi connectivity index (χ0n) is 53.3. The van der Waals surface area contributed by atoms with Crippen molar-refractivity contribution in [3.63, 3.8) is 0 Å². The molecule has 0 spiro atoms. The van der Waals surface area contributed by atoms with Crippen molar-refractivity contribution in [2.75, 3.05) is 0 Å². The number of para-hydroxylation sites is 5. The summed E-state index contributed by atoms with van der Waals surface area (Å²) in [6.07, 6.45) is 6.72. The van der Waals surface area contributed by atoms with Gasteiger partial charge in [0.25, 0.3) is 6.71 Å². The van der Waals surface area contributed by atoms with Crippen LogP contribution in [0.3, 0.4) is 0 Å². The molecule has 0 amide bonds. The van der Waals surface area contributed by atoms with E-state index in [1.165, 1.54) is 143 Å². The molecule has 18 rings (SSSR count). The van der Waals surface area contributed by atoms with Gasteiger partial charge in [-0.2, -0.15) is 0 Å². The minimum atomic E-state index is -0.130. The standard InChI is InChI=1S/C87H69BN4O/c1-53(2)60-49-71(54(3)4)87(72(50-60)55(5)6)88-75-51-63(91-81-29-17-11-23-69(81)73-47-58(35-43-83(73)91)56-31-37-61(38-32-56)89-77-25-13-7-19-65(77)66-20-8-14-26-78(66)89)41-45-85(75)93-86-46-42-64(52-76(86)88)92-82-30-18-12-24-70(82)74-48-59(36-44-84(74)92)57-33-39-62(40-34-57)90-79-27-15-9-21-67(79)68-22-10-16-28-80(68)90/h7-11,13-23,25-55H,12,24H2,1-6H3. The first kappa shape index (κ1) is 55.1. The summed E-state index contributed by atoms with van der Waals surface area (Å²) in [5, 5.41) is 8.83. The minimum absolute atomic E-state index is 0.130. The van der Waals surface area contributed by atoms with Gasteiger partial charge in [0.05, 0.1) is 38.6 Å². The quantitative estimate of drug-likeness (QED) is 0.125. The summed E-state index contributed by atoms with van der Waals surface area (Å²) >= 11 is 0. The van der Waals surface area contributed by atoms with Crippen molar-refractivity contribution in [3.8, 4) is 56.5 Å². The molecule has 1 aliphatic carbocycles.